The molecule has 4 aliphatic heterocycles. The Bertz CT molecular complexity index is 836. The molecule has 5 rings (SSSR count). The van der Waals surface area contributed by atoms with Gasteiger partial charge in [-0.2, -0.15) is 0 Å². The topological polar surface area (TPSA) is 64.2 Å². The second-order valence-electron chi connectivity index (χ2n) is 8.95. The number of allylic oxidation sites excluding steroid dienone is 1. The van der Waals surface area contributed by atoms with Crippen molar-refractivity contribution in [2.45, 2.75) is 25.0 Å². The van der Waals surface area contributed by atoms with Crippen LogP contribution in [0.2, 0.25) is 0 Å². The van der Waals surface area contributed by atoms with Gasteiger partial charge in [0.1, 0.15) is 12.2 Å². The van der Waals surface area contributed by atoms with E-state index in [0.29, 0.717) is 5.92 Å². The van der Waals surface area contributed by atoms with Crippen LogP contribution in [0.5, 0.6) is 0 Å². The summed E-state index contributed by atoms with van der Waals surface area (Å²) in [4.78, 5) is 10.0. The number of hydrogen-bond donors (Lipinski definition) is 3. The van der Waals surface area contributed by atoms with E-state index in [0.717, 1.165) is 57.2 Å². The van der Waals surface area contributed by atoms with E-state index >= 15 is 0 Å². The number of ether oxygens (including phenoxy) is 1. The molecular formula is C24H34N6O. The van der Waals surface area contributed by atoms with Crippen LogP contribution < -0.4 is 20.9 Å². The molecule has 2 saturated heterocycles. The van der Waals surface area contributed by atoms with Crippen LogP contribution in [0.1, 0.15) is 18.4 Å². The molecule has 0 aromatic heterocycles. The van der Waals surface area contributed by atoms with Crippen LogP contribution in [-0.4, -0.2) is 75.8 Å². The Morgan fingerprint density at radius 3 is 2.77 bits per heavy atom. The summed E-state index contributed by atoms with van der Waals surface area (Å²) in [5.74, 6) is 0.687. The monoisotopic (exact) mass is 422 g/mol. The molecule has 4 aliphatic rings. The van der Waals surface area contributed by atoms with Gasteiger partial charge in [0.15, 0.2) is 0 Å². The summed E-state index contributed by atoms with van der Waals surface area (Å²) >= 11 is 0. The predicted octanol–water partition coefficient (Wildman–Crippen LogP) is 1.50. The quantitative estimate of drug-likeness (QED) is 0.669. The number of aliphatic imine (C=N–C) groups is 1. The van der Waals surface area contributed by atoms with E-state index in [2.05, 4.69) is 63.1 Å². The number of nitrogens with zero attached hydrogens (tertiary/aromatic N) is 3. The van der Waals surface area contributed by atoms with Gasteiger partial charge >= 0.3 is 0 Å². The van der Waals surface area contributed by atoms with E-state index < -0.39 is 0 Å². The lowest BCUT2D eigenvalue weighted by Gasteiger charge is -2.39. The molecular weight excluding hydrogens is 388 g/mol. The molecule has 0 radical (unpaired) electrons. The number of benzene rings is 1. The Kier molecular flexibility index (Phi) is 6.25. The second kappa shape index (κ2) is 9.42. The summed E-state index contributed by atoms with van der Waals surface area (Å²) in [5, 5.41) is 10.5. The molecule has 2 fully saturated rings. The highest BCUT2D eigenvalue weighted by atomic mass is 16.5. The summed E-state index contributed by atoms with van der Waals surface area (Å²) in [5.41, 5.74) is 4.65. The summed E-state index contributed by atoms with van der Waals surface area (Å²) in [6.45, 7) is 6.83. The van der Waals surface area contributed by atoms with Crippen molar-refractivity contribution in [3.05, 3.63) is 54.0 Å². The van der Waals surface area contributed by atoms with Gasteiger partial charge in [0.25, 0.3) is 0 Å². The number of fused-ring (bicyclic) bond motifs is 1. The molecule has 7 nitrogen and oxygen atoms in total. The van der Waals surface area contributed by atoms with Gasteiger partial charge in [-0.3, -0.25) is 9.89 Å². The Hall–Kier alpha value is -2.35. The zero-order chi connectivity index (χ0) is 21.0. The fraction of sp³-hybridized carbons (Fsp3) is 0.542. The van der Waals surface area contributed by atoms with Crippen LogP contribution in [-0.2, 0) is 4.74 Å². The van der Waals surface area contributed by atoms with Gasteiger partial charge in [0.05, 0.1) is 18.9 Å². The van der Waals surface area contributed by atoms with Crippen molar-refractivity contribution in [3.63, 3.8) is 0 Å². The minimum absolute atomic E-state index is 0.0632. The van der Waals surface area contributed by atoms with Gasteiger partial charge in [0, 0.05) is 43.4 Å². The third-order valence-corrected chi connectivity index (χ3v) is 6.74. The fourth-order valence-corrected chi connectivity index (χ4v) is 5.02. The number of morpholine rings is 1. The van der Waals surface area contributed by atoms with Crippen LogP contribution >= 0.6 is 0 Å². The Balaban J connectivity index is 1.36. The summed E-state index contributed by atoms with van der Waals surface area (Å²) < 4.78 is 5.48. The minimum Gasteiger partial charge on any atom is -0.378 e. The summed E-state index contributed by atoms with van der Waals surface area (Å²) in [6.07, 6.45) is 8.77. The first-order valence-corrected chi connectivity index (χ1v) is 11.6. The number of hydrogen-bond acceptors (Lipinski definition) is 7. The van der Waals surface area contributed by atoms with Crippen LogP contribution in [0.15, 0.2) is 53.4 Å². The van der Waals surface area contributed by atoms with Crippen LogP contribution in [0, 0.1) is 5.92 Å². The van der Waals surface area contributed by atoms with Crippen LogP contribution in [0.4, 0.5) is 5.69 Å². The van der Waals surface area contributed by atoms with E-state index in [-0.39, 0.29) is 12.2 Å². The smallest absolute Gasteiger partial charge is 0.128 e. The fourth-order valence-electron chi connectivity index (χ4n) is 5.02. The molecule has 0 bridgehead atoms. The third kappa shape index (κ3) is 4.63. The van der Waals surface area contributed by atoms with Gasteiger partial charge in [-0.05, 0) is 62.7 Å². The lowest BCUT2D eigenvalue weighted by atomic mass is 9.96. The second-order valence-corrected chi connectivity index (χ2v) is 8.95. The Morgan fingerprint density at radius 1 is 1.16 bits per heavy atom. The van der Waals surface area contributed by atoms with Crippen molar-refractivity contribution in [1.29, 1.82) is 0 Å². The average molecular weight is 423 g/mol. The van der Waals surface area contributed by atoms with Gasteiger partial charge in [-0.25, -0.2) is 0 Å². The van der Waals surface area contributed by atoms with E-state index in [9.17, 15) is 0 Å². The third-order valence-electron chi connectivity index (χ3n) is 6.74. The SMILES string of the molecule is CN(CC1CCCNC1)C1N=C(c2ccc(N3CCOCC3)cc2)C=C2NC=CNC21. The molecule has 4 heterocycles. The predicted molar refractivity (Wildman–Crippen MR) is 125 cm³/mol. The van der Waals surface area contributed by atoms with E-state index in [1.54, 1.807) is 0 Å². The molecule has 166 valence electrons. The Labute approximate surface area is 185 Å². The van der Waals surface area contributed by atoms with Gasteiger partial charge in [0.2, 0.25) is 0 Å². The van der Waals surface area contributed by atoms with E-state index in [4.69, 9.17) is 9.73 Å². The molecule has 0 amide bonds. The number of anilines is 1. The van der Waals surface area contributed by atoms with Gasteiger partial charge in [-0.15, -0.1) is 0 Å². The highest BCUT2D eigenvalue weighted by Crippen LogP contribution is 2.24. The van der Waals surface area contributed by atoms with Crippen molar-refractivity contribution >= 4 is 11.4 Å². The first-order chi connectivity index (χ1) is 15.3. The molecule has 0 saturated carbocycles. The number of piperidine rings is 1. The number of likely N-dealkylation sites (N-methyl/N-ethyl adjacent to an activating group) is 1. The first-order valence-electron chi connectivity index (χ1n) is 11.6. The van der Waals surface area contributed by atoms with E-state index in [1.807, 2.05) is 12.4 Å². The van der Waals surface area contributed by atoms with Crippen LogP contribution in [0.25, 0.3) is 0 Å². The summed E-state index contributed by atoms with van der Waals surface area (Å²) in [6, 6.07) is 8.99. The number of rotatable bonds is 5. The highest BCUT2D eigenvalue weighted by Gasteiger charge is 2.33. The lowest BCUT2D eigenvalue weighted by molar-refractivity contribution is 0.122. The van der Waals surface area contributed by atoms with Crippen molar-refractivity contribution in [2.24, 2.45) is 10.9 Å². The van der Waals surface area contributed by atoms with Crippen molar-refractivity contribution in [3.8, 4) is 0 Å². The summed E-state index contributed by atoms with van der Waals surface area (Å²) in [7, 11) is 2.21. The van der Waals surface area contributed by atoms with Gasteiger partial charge < -0.3 is 25.6 Å². The lowest BCUT2D eigenvalue weighted by Crippen LogP contribution is -2.54. The van der Waals surface area contributed by atoms with E-state index in [1.165, 1.54) is 24.2 Å². The Morgan fingerprint density at radius 2 is 2.00 bits per heavy atom. The molecule has 1 aromatic carbocycles. The number of dihydropyridines is 1. The zero-order valence-corrected chi connectivity index (χ0v) is 18.4. The normalized spacial score (nSPS) is 28.3. The maximum atomic E-state index is 5.48. The standard InChI is InChI=1S/C24H34N6O/c1-29(17-18-3-2-8-25-16-18)24-23-22(26-9-10-27-23)15-21(28-24)19-4-6-20(7-5-19)30-11-13-31-14-12-30/h4-7,9-10,15,18,23-27H,2-3,8,11-14,16-17H2,1H3. The van der Waals surface area contributed by atoms with Crippen molar-refractivity contribution in [1.82, 2.24) is 20.9 Å². The molecule has 3 N–H and O–H groups in total. The molecule has 0 spiro atoms. The molecule has 1 aromatic rings. The first kappa shape index (κ1) is 20.5. The molecule has 31 heavy (non-hydrogen) atoms. The molecule has 0 aliphatic carbocycles. The largest absolute Gasteiger partial charge is 0.378 e. The average Bonchev–Trinajstić information content (AvgIpc) is 2.84. The van der Waals surface area contributed by atoms with Crippen LogP contribution in [0.3, 0.4) is 0 Å². The van der Waals surface area contributed by atoms with Crippen molar-refractivity contribution in [2.75, 3.05) is 57.9 Å². The van der Waals surface area contributed by atoms with Gasteiger partial charge in [-0.1, -0.05) is 12.1 Å². The minimum atomic E-state index is 0.0632. The van der Waals surface area contributed by atoms with Crippen molar-refractivity contribution < 1.29 is 4.74 Å². The zero-order valence-electron chi connectivity index (χ0n) is 18.4. The molecule has 7 heteroatoms. The number of nitrogens with one attached hydrogen (secondary N) is 3. The molecule has 3 atom stereocenters. The molecule has 3 unspecified atom stereocenters. The maximum Gasteiger partial charge on any atom is 0.128 e. The highest BCUT2D eigenvalue weighted by molar-refractivity contribution is 6.10. The maximum absolute atomic E-state index is 5.48.